The average molecular weight is 339 g/mol. The van der Waals surface area contributed by atoms with Gasteiger partial charge in [0.15, 0.2) is 0 Å². The molecule has 3 rings (SSSR count). The fourth-order valence-electron chi connectivity index (χ4n) is 2.89. The van der Waals surface area contributed by atoms with E-state index in [4.69, 9.17) is 0 Å². The largest absolute Gasteiger partial charge is 0.368 e. The van der Waals surface area contributed by atoms with E-state index >= 15 is 0 Å². The molecule has 0 aliphatic carbocycles. The number of rotatable bonds is 3. The second-order valence-corrected chi connectivity index (χ2v) is 6.15. The molecule has 1 aliphatic rings. The van der Waals surface area contributed by atoms with E-state index in [1.165, 1.54) is 17.7 Å². The molecule has 1 fully saturated rings. The van der Waals surface area contributed by atoms with Crippen molar-refractivity contribution in [2.24, 2.45) is 0 Å². The molecule has 0 aromatic heterocycles. The molecule has 0 spiro atoms. The van der Waals surface area contributed by atoms with Gasteiger partial charge in [-0.05, 0) is 42.8 Å². The highest BCUT2D eigenvalue weighted by Crippen LogP contribution is 2.16. The molecular formula is C20H22FN3O. The molecule has 4 nitrogen and oxygen atoms in total. The van der Waals surface area contributed by atoms with Crippen LogP contribution in [-0.2, 0) is 0 Å². The number of anilines is 1. The molecule has 1 N–H and O–H groups in total. The summed E-state index contributed by atoms with van der Waals surface area (Å²) in [5, 5.41) is 2.82. The van der Waals surface area contributed by atoms with Crippen LogP contribution in [0.5, 0.6) is 0 Å². The van der Waals surface area contributed by atoms with E-state index in [1.807, 2.05) is 31.2 Å². The van der Waals surface area contributed by atoms with Crippen LogP contribution in [0.15, 0.2) is 54.7 Å². The van der Waals surface area contributed by atoms with Gasteiger partial charge >= 0.3 is 6.03 Å². The smallest absolute Gasteiger partial charge is 0.321 e. The predicted molar refractivity (Wildman–Crippen MR) is 98.9 cm³/mol. The Labute approximate surface area is 147 Å². The minimum atomic E-state index is -0.234. The van der Waals surface area contributed by atoms with Crippen molar-refractivity contribution < 1.29 is 9.18 Å². The molecule has 0 unspecified atom stereocenters. The Balaban J connectivity index is 1.49. The molecule has 25 heavy (non-hydrogen) atoms. The van der Waals surface area contributed by atoms with Crippen LogP contribution in [-0.4, -0.2) is 37.1 Å². The third-order valence-corrected chi connectivity index (χ3v) is 4.28. The Morgan fingerprint density at radius 1 is 1.08 bits per heavy atom. The molecule has 1 aliphatic heterocycles. The van der Waals surface area contributed by atoms with Crippen molar-refractivity contribution in [3.05, 3.63) is 71.7 Å². The van der Waals surface area contributed by atoms with Gasteiger partial charge in [0, 0.05) is 38.1 Å². The van der Waals surface area contributed by atoms with Crippen LogP contribution >= 0.6 is 0 Å². The number of carbonyl (C=O) groups is 1. The summed E-state index contributed by atoms with van der Waals surface area (Å²) in [7, 11) is 0. The van der Waals surface area contributed by atoms with Crippen LogP contribution in [0, 0.1) is 12.7 Å². The number of aryl methyl sites for hydroxylation is 1. The first-order valence-electron chi connectivity index (χ1n) is 8.41. The van der Waals surface area contributed by atoms with Crippen LogP contribution < -0.4 is 10.2 Å². The molecule has 0 radical (unpaired) electrons. The number of nitrogens with one attached hydrogen (secondary N) is 1. The number of nitrogens with zero attached hydrogens (tertiary/aromatic N) is 2. The normalized spacial score (nSPS) is 14.8. The third-order valence-electron chi connectivity index (χ3n) is 4.28. The van der Waals surface area contributed by atoms with Crippen molar-refractivity contribution in [1.82, 2.24) is 10.2 Å². The number of carbonyl (C=O) groups excluding carboxylic acids is 1. The Bertz CT molecular complexity index is 750. The van der Waals surface area contributed by atoms with E-state index in [9.17, 15) is 9.18 Å². The molecule has 0 saturated carbocycles. The van der Waals surface area contributed by atoms with Crippen molar-refractivity contribution in [3.8, 4) is 0 Å². The van der Waals surface area contributed by atoms with Crippen molar-refractivity contribution >= 4 is 17.8 Å². The molecule has 1 heterocycles. The molecule has 130 valence electrons. The lowest BCUT2D eigenvalue weighted by Crippen LogP contribution is -2.51. The maximum atomic E-state index is 13.0. The average Bonchev–Trinajstić information content (AvgIpc) is 2.62. The first kappa shape index (κ1) is 17.0. The number of piperazine rings is 1. The minimum Gasteiger partial charge on any atom is -0.368 e. The Hall–Kier alpha value is -2.82. The highest BCUT2D eigenvalue weighted by Gasteiger charge is 2.20. The molecule has 2 amide bonds. The van der Waals surface area contributed by atoms with Gasteiger partial charge in [0.2, 0.25) is 0 Å². The molecule has 1 saturated heterocycles. The Morgan fingerprint density at radius 2 is 1.80 bits per heavy atom. The van der Waals surface area contributed by atoms with E-state index < -0.39 is 0 Å². The molecule has 5 heteroatoms. The van der Waals surface area contributed by atoms with Gasteiger partial charge in [0.1, 0.15) is 5.82 Å². The fourth-order valence-corrected chi connectivity index (χ4v) is 2.89. The van der Waals surface area contributed by atoms with Gasteiger partial charge in [-0.2, -0.15) is 0 Å². The summed E-state index contributed by atoms with van der Waals surface area (Å²) >= 11 is 0. The van der Waals surface area contributed by atoms with Crippen molar-refractivity contribution in [1.29, 1.82) is 0 Å². The Morgan fingerprint density at radius 3 is 2.48 bits per heavy atom. The number of hydrogen-bond acceptors (Lipinski definition) is 2. The van der Waals surface area contributed by atoms with Crippen molar-refractivity contribution in [2.45, 2.75) is 6.92 Å². The third kappa shape index (κ3) is 4.59. The van der Waals surface area contributed by atoms with Gasteiger partial charge in [-0.3, -0.25) is 0 Å². The standard InChI is InChI=1S/C20H22FN3O/c1-16-3-2-4-17(15-16)9-10-22-20(25)24-13-11-23(12-14-24)19-7-5-18(21)6-8-19/h2-10,15H,11-14H2,1H3,(H,22,25)/b10-9+. The van der Waals surface area contributed by atoms with Crippen molar-refractivity contribution in [3.63, 3.8) is 0 Å². The predicted octanol–water partition coefficient (Wildman–Crippen LogP) is 3.64. The number of amides is 2. The van der Waals surface area contributed by atoms with Gasteiger partial charge in [0.05, 0.1) is 0 Å². The van der Waals surface area contributed by atoms with Crippen molar-refractivity contribution in [2.75, 3.05) is 31.1 Å². The summed E-state index contributed by atoms with van der Waals surface area (Å²) in [4.78, 5) is 16.2. The zero-order valence-electron chi connectivity index (χ0n) is 14.3. The summed E-state index contributed by atoms with van der Waals surface area (Å²) < 4.78 is 13.0. The van der Waals surface area contributed by atoms with Gasteiger partial charge in [-0.15, -0.1) is 0 Å². The number of hydrogen-bond donors (Lipinski definition) is 1. The second-order valence-electron chi connectivity index (χ2n) is 6.15. The summed E-state index contributed by atoms with van der Waals surface area (Å²) in [6, 6.07) is 14.5. The number of benzene rings is 2. The summed E-state index contributed by atoms with van der Waals surface area (Å²) in [5.74, 6) is -0.234. The lowest BCUT2D eigenvalue weighted by molar-refractivity contribution is 0.198. The summed E-state index contributed by atoms with van der Waals surface area (Å²) in [5.41, 5.74) is 3.23. The van der Waals surface area contributed by atoms with Crippen LogP contribution in [0.3, 0.4) is 0 Å². The summed E-state index contributed by atoms with van der Waals surface area (Å²) in [6.07, 6.45) is 3.57. The van der Waals surface area contributed by atoms with Gasteiger partial charge in [-0.1, -0.05) is 29.8 Å². The number of urea groups is 1. The molecular weight excluding hydrogens is 317 g/mol. The van der Waals surface area contributed by atoms with E-state index in [1.54, 1.807) is 23.2 Å². The first-order valence-corrected chi connectivity index (χ1v) is 8.41. The SMILES string of the molecule is Cc1cccc(/C=C/NC(=O)N2CCN(c3ccc(F)cc3)CC2)c1. The Kier molecular flexibility index (Phi) is 5.33. The molecule has 2 aromatic rings. The van der Waals surface area contributed by atoms with Crippen LogP contribution in [0.1, 0.15) is 11.1 Å². The van der Waals surface area contributed by atoms with Crippen LogP contribution in [0.2, 0.25) is 0 Å². The van der Waals surface area contributed by atoms with Crippen LogP contribution in [0.4, 0.5) is 14.9 Å². The maximum absolute atomic E-state index is 13.0. The number of halogens is 1. The maximum Gasteiger partial charge on any atom is 0.321 e. The first-order chi connectivity index (χ1) is 12.1. The minimum absolute atomic E-state index is 0.0948. The van der Waals surface area contributed by atoms with E-state index in [0.717, 1.165) is 24.3 Å². The molecule has 0 bridgehead atoms. The van der Waals surface area contributed by atoms with E-state index in [0.29, 0.717) is 13.1 Å². The molecule has 0 atom stereocenters. The van der Waals surface area contributed by atoms with Gasteiger partial charge in [0.25, 0.3) is 0 Å². The van der Waals surface area contributed by atoms with Gasteiger partial charge in [-0.25, -0.2) is 9.18 Å². The lowest BCUT2D eigenvalue weighted by Gasteiger charge is -2.35. The fraction of sp³-hybridized carbons (Fsp3) is 0.250. The summed E-state index contributed by atoms with van der Waals surface area (Å²) in [6.45, 7) is 4.79. The van der Waals surface area contributed by atoms with Crippen LogP contribution in [0.25, 0.3) is 6.08 Å². The zero-order valence-corrected chi connectivity index (χ0v) is 14.3. The van der Waals surface area contributed by atoms with E-state index in [2.05, 4.69) is 16.3 Å². The molecule has 2 aromatic carbocycles. The quantitative estimate of drug-likeness (QED) is 0.927. The van der Waals surface area contributed by atoms with Gasteiger partial charge < -0.3 is 15.1 Å². The monoisotopic (exact) mass is 339 g/mol. The second kappa shape index (κ2) is 7.83. The van der Waals surface area contributed by atoms with E-state index in [-0.39, 0.29) is 11.8 Å². The highest BCUT2D eigenvalue weighted by molar-refractivity contribution is 5.76. The zero-order chi connectivity index (χ0) is 17.6. The topological polar surface area (TPSA) is 35.6 Å². The lowest BCUT2D eigenvalue weighted by atomic mass is 10.1. The highest BCUT2D eigenvalue weighted by atomic mass is 19.1.